The highest BCUT2D eigenvalue weighted by Crippen LogP contribution is 2.26. The van der Waals surface area contributed by atoms with Crippen molar-refractivity contribution in [3.63, 3.8) is 0 Å². The van der Waals surface area contributed by atoms with E-state index in [0.29, 0.717) is 18.8 Å². The van der Waals surface area contributed by atoms with E-state index >= 15 is 0 Å². The van der Waals surface area contributed by atoms with Gasteiger partial charge in [-0.2, -0.15) is 0 Å². The molecule has 1 atom stereocenters. The van der Waals surface area contributed by atoms with E-state index in [1.807, 2.05) is 50.2 Å². The van der Waals surface area contributed by atoms with E-state index in [0.717, 1.165) is 17.0 Å². The molecule has 5 nitrogen and oxygen atoms in total. The normalized spacial score (nSPS) is 16.8. The van der Waals surface area contributed by atoms with Gasteiger partial charge in [0.2, 0.25) is 11.8 Å². The minimum atomic E-state index is -0.347. The monoisotopic (exact) mass is 338 g/mol. The lowest BCUT2D eigenvalue weighted by Crippen LogP contribution is -2.28. The molecule has 2 aromatic carbocycles. The molecule has 25 heavy (non-hydrogen) atoms. The Morgan fingerprint density at radius 3 is 2.48 bits per heavy atom. The van der Waals surface area contributed by atoms with Crippen LogP contribution in [0, 0.1) is 12.8 Å². The SMILES string of the molecule is CCOc1ccc(NC(=O)C2CC(=O)N(c3ccc(C)cc3)C2)cc1. The van der Waals surface area contributed by atoms with Crippen LogP contribution in [-0.4, -0.2) is 25.0 Å². The number of nitrogens with one attached hydrogen (secondary N) is 1. The molecule has 1 fully saturated rings. The van der Waals surface area contributed by atoms with Crippen molar-refractivity contribution in [2.24, 2.45) is 5.92 Å². The summed E-state index contributed by atoms with van der Waals surface area (Å²) in [6, 6.07) is 15.0. The lowest BCUT2D eigenvalue weighted by Gasteiger charge is -2.17. The molecule has 0 spiro atoms. The van der Waals surface area contributed by atoms with Crippen LogP contribution in [0.4, 0.5) is 11.4 Å². The van der Waals surface area contributed by atoms with Crippen LogP contribution >= 0.6 is 0 Å². The lowest BCUT2D eigenvalue weighted by atomic mass is 10.1. The Kier molecular flexibility index (Phi) is 5.03. The number of hydrogen-bond donors (Lipinski definition) is 1. The van der Waals surface area contributed by atoms with E-state index in [9.17, 15) is 9.59 Å². The molecule has 0 bridgehead atoms. The average molecular weight is 338 g/mol. The summed E-state index contributed by atoms with van der Waals surface area (Å²) < 4.78 is 5.39. The van der Waals surface area contributed by atoms with Crippen LogP contribution in [-0.2, 0) is 9.59 Å². The minimum Gasteiger partial charge on any atom is -0.494 e. The van der Waals surface area contributed by atoms with Gasteiger partial charge in [-0.05, 0) is 50.2 Å². The maximum atomic E-state index is 12.5. The molecular formula is C20H22N2O3. The summed E-state index contributed by atoms with van der Waals surface area (Å²) in [6.07, 6.45) is 0.233. The molecule has 2 amide bonds. The van der Waals surface area contributed by atoms with E-state index in [1.165, 1.54) is 0 Å². The standard InChI is InChI=1S/C20H22N2O3/c1-3-25-18-10-6-16(7-11-18)21-20(24)15-12-19(23)22(13-15)17-8-4-14(2)5-9-17/h4-11,15H,3,12-13H2,1-2H3,(H,21,24). The van der Waals surface area contributed by atoms with E-state index in [-0.39, 0.29) is 24.2 Å². The zero-order valence-electron chi connectivity index (χ0n) is 14.5. The first kappa shape index (κ1) is 17.0. The summed E-state index contributed by atoms with van der Waals surface area (Å²) >= 11 is 0. The first-order chi connectivity index (χ1) is 12.1. The highest BCUT2D eigenvalue weighted by molar-refractivity contribution is 6.03. The first-order valence-corrected chi connectivity index (χ1v) is 8.47. The summed E-state index contributed by atoms with van der Waals surface area (Å²) in [7, 11) is 0. The van der Waals surface area contributed by atoms with Crippen molar-refractivity contribution in [1.82, 2.24) is 0 Å². The van der Waals surface area contributed by atoms with Crippen LogP contribution in [0.1, 0.15) is 18.9 Å². The molecule has 2 aromatic rings. The molecule has 1 aliphatic rings. The van der Waals surface area contributed by atoms with E-state index < -0.39 is 0 Å². The maximum Gasteiger partial charge on any atom is 0.229 e. The Balaban J connectivity index is 1.63. The molecule has 0 saturated carbocycles. The number of carbonyl (C=O) groups excluding carboxylic acids is 2. The molecule has 1 N–H and O–H groups in total. The molecule has 1 unspecified atom stereocenters. The fourth-order valence-electron chi connectivity index (χ4n) is 2.90. The Labute approximate surface area is 147 Å². The third-order valence-electron chi connectivity index (χ3n) is 4.27. The summed E-state index contributed by atoms with van der Waals surface area (Å²) in [4.78, 5) is 26.4. The molecule has 3 rings (SSSR count). The number of nitrogens with zero attached hydrogens (tertiary/aromatic N) is 1. The Hall–Kier alpha value is -2.82. The largest absolute Gasteiger partial charge is 0.494 e. The van der Waals surface area contributed by atoms with Gasteiger partial charge in [0.15, 0.2) is 0 Å². The molecule has 130 valence electrons. The number of benzene rings is 2. The van der Waals surface area contributed by atoms with Crippen molar-refractivity contribution in [3.8, 4) is 5.75 Å². The van der Waals surface area contributed by atoms with Crippen LogP contribution in [0.15, 0.2) is 48.5 Å². The topological polar surface area (TPSA) is 58.6 Å². The number of ether oxygens (including phenoxy) is 1. The lowest BCUT2D eigenvalue weighted by molar-refractivity contribution is -0.122. The van der Waals surface area contributed by atoms with Gasteiger partial charge >= 0.3 is 0 Å². The van der Waals surface area contributed by atoms with Gasteiger partial charge in [0.1, 0.15) is 5.75 Å². The van der Waals surface area contributed by atoms with Crippen LogP contribution in [0.5, 0.6) is 5.75 Å². The number of aryl methyl sites for hydroxylation is 1. The summed E-state index contributed by atoms with van der Waals surface area (Å²) in [5, 5.41) is 2.88. The minimum absolute atomic E-state index is 0.0179. The average Bonchev–Trinajstić information content (AvgIpc) is 3.00. The third-order valence-corrected chi connectivity index (χ3v) is 4.27. The number of carbonyl (C=O) groups is 2. The summed E-state index contributed by atoms with van der Waals surface area (Å²) in [5.74, 6) is 0.269. The van der Waals surface area contributed by atoms with Crippen LogP contribution in [0.2, 0.25) is 0 Å². The number of anilines is 2. The summed E-state index contributed by atoms with van der Waals surface area (Å²) in [6.45, 7) is 4.94. The fraction of sp³-hybridized carbons (Fsp3) is 0.300. The van der Waals surface area contributed by atoms with Crippen molar-refractivity contribution in [1.29, 1.82) is 0 Å². The third kappa shape index (κ3) is 3.99. The second-order valence-corrected chi connectivity index (χ2v) is 6.19. The summed E-state index contributed by atoms with van der Waals surface area (Å²) in [5.41, 5.74) is 2.68. The fourth-order valence-corrected chi connectivity index (χ4v) is 2.90. The van der Waals surface area contributed by atoms with Gasteiger partial charge in [0.25, 0.3) is 0 Å². The molecule has 0 aromatic heterocycles. The van der Waals surface area contributed by atoms with E-state index in [1.54, 1.807) is 17.0 Å². The van der Waals surface area contributed by atoms with Gasteiger partial charge < -0.3 is 15.0 Å². The Morgan fingerprint density at radius 2 is 1.84 bits per heavy atom. The van der Waals surface area contributed by atoms with Crippen LogP contribution in [0.3, 0.4) is 0 Å². The number of rotatable bonds is 5. The quantitative estimate of drug-likeness (QED) is 0.909. The van der Waals surface area contributed by atoms with Crippen molar-refractivity contribution >= 4 is 23.2 Å². The van der Waals surface area contributed by atoms with Gasteiger partial charge in [0.05, 0.1) is 12.5 Å². The van der Waals surface area contributed by atoms with Crippen LogP contribution < -0.4 is 15.0 Å². The highest BCUT2D eigenvalue weighted by Gasteiger charge is 2.35. The maximum absolute atomic E-state index is 12.5. The van der Waals surface area contributed by atoms with Crippen molar-refractivity contribution in [2.75, 3.05) is 23.4 Å². The zero-order chi connectivity index (χ0) is 17.8. The van der Waals surface area contributed by atoms with Crippen molar-refractivity contribution in [2.45, 2.75) is 20.3 Å². The molecule has 1 aliphatic heterocycles. The zero-order valence-corrected chi connectivity index (χ0v) is 14.5. The van der Waals surface area contributed by atoms with Crippen molar-refractivity contribution in [3.05, 3.63) is 54.1 Å². The number of amides is 2. The smallest absolute Gasteiger partial charge is 0.229 e. The molecule has 0 aliphatic carbocycles. The van der Waals surface area contributed by atoms with E-state index in [4.69, 9.17) is 4.74 Å². The highest BCUT2D eigenvalue weighted by atomic mass is 16.5. The van der Waals surface area contributed by atoms with Gasteiger partial charge in [-0.3, -0.25) is 9.59 Å². The van der Waals surface area contributed by atoms with E-state index in [2.05, 4.69) is 5.32 Å². The predicted molar refractivity (Wildman–Crippen MR) is 97.9 cm³/mol. The molecule has 1 saturated heterocycles. The molecule has 0 radical (unpaired) electrons. The predicted octanol–water partition coefficient (Wildman–Crippen LogP) is 3.39. The second-order valence-electron chi connectivity index (χ2n) is 6.19. The molecule has 5 heteroatoms. The molecular weight excluding hydrogens is 316 g/mol. The first-order valence-electron chi connectivity index (χ1n) is 8.47. The van der Waals surface area contributed by atoms with Gasteiger partial charge in [-0.25, -0.2) is 0 Å². The Bertz CT molecular complexity index is 754. The number of hydrogen-bond acceptors (Lipinski definition) is 3. The van der Waals surface area contributed by atoms with Gasteiger partial charge in [0, 0.05) is 24.3 Å². The van der Waals surface area contributed by atoms with Gasteiger partial charge in [-0.1, -0.05) is 17.7 Å². The van der Waals surface area contributed by atoms with Crippen molar-refractivity contribution < 1.29 is 14.3 Å². The Morgan fingerprint density at radius 1 is 1.16 bits per heavy atom. The van der Waals surface area contributed by atoms with Gasteiger partial charge in [-0.15, -0.1) is 0 Å². The molecule has 1 heterocycles. The van der Waals surface area contributed by atoms with Crippen LogP contribution in [0.25, 0.3) is 0 Å². The second kappa shape index (κ2) is 7.38.